The van der Waals surface area contributed by atoms with E-state index < -0.39 is 24.5 Å². The molecule has 9 nitrogen and oxygen atoms in total. The minimum absolute atomic E-state index is 0.107. The first kappa shape index (κ1) is 35.6. The van der Waals surface area contributed by atoms with Gasteiger partial charge in [0.25, 0.3) is 0 Å². The van der Waals surface area contributed by atoms with Gasteiger partial charge in [0.1, 0.15) is 26.2 Å². The monoisotopic (exact) mass is 621 g/mol. The largest absolute Gasteiger partial charge is 0.480 e. The van der Waals surface area contributed by atoms with Gasteiger partial charge in [-0.2, -0.15) is 0 Å². The highest BCUT2D eigenvalue weighted by molar-refractivity contribution is 5.89. The fourth-order valence-corrected chi connectivity index (χ4v) is 6.67. The number of carbonyl (C=O) groups excluding carboxylic acids is 3. The summed E-state index contributed by atoms with van der Waals surface area (Å²) < 4.78 is 5.98. The van der Waals surface area contributed by atoms with Crippen molar-refractivity contribution in [1.82, 2.24) is 14.7 Å². The third-order valence-electron chi connectivity index (χ3n) is 9.28. The molecule has 0 unspecified atom stereocenters. The van der Waals surface area contributed by atoms with Crippen LogP contribution in [-0.2, 0) is 19.1 Å². The number of fused-ring (bicyclic) bond motifs is 3. The maximum absolute atomic E-state index is 14.0. The van der Waals surface area contributed by atoms with Crippen LogP contribution < -0.4 is 0 Å². The van der Waals surface area contributed by atoms with E-state index >= 15 is 0 Å². The highest BCUT2D eigenvalue weighted by Crippen LogP contribution is 2.44. The topological polar surface area (TPSA) is 107 Å². The van der Waals surface area contributed by atoms with E-state index in [4.69, 9.17) is 4.74 Å². The van der Waals surface area contributed by atoms with Crippen molar-refractivity contribution in [3.05, 3.63) is 59.7 Å². The molecule has 2 aromatic rings. The number of aliphatic carboxylic acids is 1. The Kier molecular flexibility index (Phi) is 13.4. The average Bonchev–Trinajstić information content (AvgIpc) is 3.36. The first-order valence-corrected chi connectivity index (χ1v) is 16.6. The van der Waals surface area contributed by atoms with Crippen molar-refractivity contribution in [2.24, 2.45) is 0 Å². The van der Waals surface area contributed by atoms with Crippen LogP contribution in [0.1, 0.15) is 97.1 Å². The molecule has 45 heavy (non-hydrogen) atoms. The van der Waals surface area contributed by atoms with Crippen molar-refractivity contribution in [3.8, 4) is 11.1 Å². The van der Waals surface area contributed by atoms with Gasteiger partial charge in [0.15, 0.2) is 0 Å². The minimum atomic E-state index is -1.09. The van der Waals surface area contributed by atoms with Gasteiger partial charge in [-0.25, -0.2) is 4.79 Å². The van der Waals surface area contributed by atoms with Crippen molar-refractivity contribution >= 4 is 23.9 Å². The molecule has 0 aromatic heterocycles. The molecule has 0 radical (unpaired) electrons. The van der Waals surface area contributed by atoms with Crippen molar-refractivity contribution in [1.29, 1.82) is 0 Å². The molecule has 1 aliphatic rings. The Morgan fingerprint density at radius 3 is 1.42 bits per heavy atom. The van der Waals surface area contributed by atoms with Gasteiger partial charge in [0, 0.05) is 24.0 Å². The predicted molar refractivity (Wildman–Crippen MR) is 176 cm³/mol. The summed E-state index contributed by atoms with van der Waals surface area (Å²) >= 11 is 0. The van der Waals surface area contributed by atoms with E-state index in [2.05, 4.69) is 24.3 Å². The van der Waals surface area contributed by atoms with E-state index in [1.54, 1.807) is 0 Å². The van der Waals surface area contributed by atoms with Crippen molar-refractivity contribution < 1.29 is 29.0 Å². The van der Waals surface area contributed by atoms with Crippen molar-refractivity contribution in [2.75, 3.05) is 26.2 Å². The molecule has 0 spiro atoms. The van der Waals surface area contributed by atoms with E-state index in [1.165, 1.54) is 14.7 Å². The summed E-state index contributed by atoms with van der Waals surface area (Å²) in [6.07, 6.45) is 3.18. The van der Waals surface area contributed by atoms with Crippen LogP contribution in [0.15, 0.2) is 48.5 Å². The van der Waals surface area contributed by atoms with Crippen LogP contribution >= 0.6 is 0 Å². The normalized spacial score (nSPS) is 12.3. The van der Waals surface area contributed by atoms with Crippen LogP contribution in [0.4, 0.5) is 4.79 Å². The van der Waals surface area contributed by atoms with Crippen LogP contribution in [0.25, 0.3) is 11.1 Å². The Morgan fingerprint density at radius 2 is 1.00 bits per heavy atom. The van der Waals surface area contributed by atoms with Gasteiger partial charge in [-0.1, -0.05) is 90.1 Å². The standard InChI is InChI=1S/C36H51N3O6/c1-7-25(8-2)37(21-33(40)38(23-35(42)43)26(9-3)10-4)34(41)22-39(27(11-5)12-6)36(44)45-24-32-30-19-15-13-17-28(30)29-18-14-16-20-31(29)32/h13-20,25-27,32H,7-12,21-24H2,1-6H3,(H,42,43). The second-order valence-corrected chi connectivity index (χ2v) is 11.8. The number of hydrogen-bond donors (Lipinski definition) is 1. The number of nitrogens with zero attached hydrogens (tertiary/aromatic N) is 3. The molecule has 0 aliphatic heterocycles. The number of benzene rings is 2. The minimum Gasteiger partial charge on any atom is -0.480 e. The summed E-state index contributed by atoms with van der Waals surface area (Å²) in [6, 6.07) is 15.6. The molecule has 0 bridgehead atoms. The summed E-state index contributed by atoms with van der Waals surface area (Å²) in [5.74, 6) is -1.95. The van der Waals surface area contributed by atoms with Crippen molar-refractivity contribution in [2.45, 2.75) is 104 Å². The molecule has 0 heterocycles. The van der Waals surface area contributed by atoms with Gasteiger partial charge >= 0.3 is 12.1 Å². The molecular weight excluding hydrogens is 570 g/mol. The molecule has 9 heteroatoms. The maximum Gasteiger partial charge on any atom is 0.410 e. The molecule has 3 amide bonds. The molecule has 0 atom stereocenters. The average molecular weight is 622 g/mol. The van der Waals surface area contributed by atoms with Crippen LogP contribution in [0.3, 0.4) is 0 Å². The van der Waals surface area contributed by atoms with Gasteiger partial charge in [-0.05, 0) is 60.8 Å². The van der Waals surface area contributed by atoms with Crippen LogP contribution in [0.2, 0.25) is 0 Å². The van der Waals surface area contributed by atoms with E-state index in [0.29, 0.717) is 38.5 Å². The van der Waals surface area contributed by atoms with Gasteiger partial charge in [0.05, 0.1) is 0 Å². The molecule has 246 valence electrons. The Balaban J connectivity index is 1.83. The predicted octanol–water partition coefficient (Wildman–Crippen LogP) is 6.55. The number of ether oxygens (including phenoxy) is 1. The summed E-state index contributed by atoms with van der Waals surface area (Å²) in [7, 11) is 0. The molecule has 0 saturated heterocycles. The van der Waals surface area contributed by atoms with Crippen LogP contribution in [0.5, 0.6) is 0 Å². The summed E-state index contributed by atoms with van der Waals surface area (Å²) in [5.41, 5.74) is 4.49. The number of carbonyl (C=O) groups is 4. The molecule has 1 N–H and O–H groups in total. The number of hydrogen-bond acceptors (Lipinski definition) is 5. The lowest BCUT2D eigenvalue weighted by Crippen LogP contribution is -2.54. The van der Waals surface area contributed by atoms with E-state index in [0.717, 1.165) is 22.3 Å². The third-order valence-corrected chi connectivity index (χ3v) is 9.28. The Bertz CT molecular complexity index is 1260. The zero-order valence-corrected chi connectivity index (χ0v) is 27.8. The quantitative estimate of drug-likeness (QED) is 0.215. The number of carboxylic acid groups (broad SMARTS) is 1. The Morgan fingerprint density at radius 1 is 0.622 bits per heavy atom. The third kappa shape index (κ3) is 8.44. The van der Waals surface area contributed by atoms with Crippen molar-refractivity contribution in [3.63, 3.8) is 0 Å². The second kappa shape index (κ2) is 17.0. The number of carboxylic acids is 1. The molecule has 3 rings (SSSR count). The zero-order valence-electron chi connectivity index (χ0n) is 27.8. The van der Waals surface area contributed by atoms with Crippen LogP contribution in [0, 0.1) is 0 Å². The maximum atomic E-state index is 14.0. The summed E-state index contributed by atoms with van der Waals surface area (Å²) in [4.78, 5) is 57.4. The lowest BCUT2D eigenvalue weighted by molar-refractivity contribution is -0.149. The number of rotatable bonds is 17. The highest BCUT2D eigenvalue weighted by atomic mass is 16.6. The van der Waals surface area contributed by atoms with Gasteiger partial charge in [-0.3, -0.25) is 19.3 Å². The highest BCUT2D eigenvalue weighted by Gasteiger charge is 2.34. The molecule has 0 saturated carbocycles. The number of amides is 3. The Labute approximate surface area is 268 Å². The summed E-state index contributed by atoms with van der Waals surface area (Å²) in [5, 5.41) is 9.52. The van der Waals surface area contributed by atoms with Gasteiger partial charge < -0.3 is 19.6 Å². The van der Waals surface area contributed by atoms with Gasteiger partial charge in [-0.15, -0.1) is 0 Å². The summed E-state index contributed by atoms with van der Waals surface area (Å²) in [6.45, 7) is 11.0. The van der Waals surface area contributed by atoms with Gasteiger partial charge in [0.2, 0.25) is 11.8 Å². The first-order chi connectivity index (χ1) is 21.6. The molecular formula is C36H51N3O6. The SMILES string of the molecule is CCC(CC)N(CC(=O)O)C(=O)CN(C(=O)CN(C(=O)OCC1c2ccccc2-c2ccccc21)C(CC)CC)C(CC)CC. The molecule has 2 aromatic carbocycles. The lowest BCUT2D eigenvalue weighted by Gasteiger charge is -2.37. The first-order valence-electron chi connectivity index (χ1n) is 16.6. The Hall–Kier alpha value is -3.88. The smallest absolute Gasteiger partial charge is 0.410 e. The fraction of sp³-hybridized carbons (Fsp3) is 0.556. The second-order valence-electron chi connectivity index (χ2n) is 11.8. The molecule has 1 aliphatic carbocycles. The fourth-order valence-electron chi connectivity index (χ4n) is 6.67. The molecule has 0 fully saturated rings. The van der Waals surface area contributed by atoms with Crippen LogP contribution in [-0.4, -0.2) is 88.0 Å². The lowest BCUT2D eigenvalue weighted by atomic mass is 9.98. The van der Waals surface area contributed by atoms with E-state index in [-0.39, 0.29) is 49.6 Å². The van der Waals surface area contributed by atoms with E-state index in [9.17, 15) is 24.3 Å². The zero-order chi connectivity index (χ0) is 33.1. The van der Waals surface area contributed by atoms with E-state index in [1.807, 2.05) is 65.8 Å².